The molecule has 1 unspecified atom stereocenters. The molecule has 1 atom stereocenters. The minimum absolute atomic E-state index is 0.00951. The third kappa shape index (κ3) is 7.24. The minimum Gasteiger partial charge on any atom is -0.460 e. The Bertz CT molecular complexity index is 903. The predicted octanol–water partition coefficient (Wildman–Crippen LogP) is 4.10. The molecule has 0 bridgehead atoms. The van der Waals surface area contributed by atoms with Gasteiger partial charge in [0.15, 0.2) is 0 Å². The number of nitrogens with zero attached hydrogens (tertiary/aromatic N) is 1. The van der Waals surface area contributed by atoms with Crippen LogP contribution in [0.1, 0.15) is 50.9 Å². The molecule has 1 heterocycles. The summed E-state index contributed by atoms with van der Waals surface area (Å²) in [6, 6.07) is 13.2. The lowest BCUT2D eigenvalue weighted by atomic mass is 10.1. The summed E-state index contributed by atoms with van der Waals surface area (Å²) in [5.74, 6) is 5.27. The average Bonchev–Trinajstić information content (AvgIpc) is 2.58. The summed E-state index contributed by atoms with van der Waals surface area (Å²) in [4.78, 5) is 28.7. The molecule has 1 N–H and O–H groups in total. The van der Waals surface area contributed by atoms with Crippen molar-refractivity contribution >= 4 is 17.7 Å². The van der Waals surface area contributed by atoms with Gasteiger partial charge in [0, 0.05) is 11.5 Å². The SMILES string of the molecule is Cc1cc(C#Cc2ccccc2)nc(NC(=O)C(C)CC(=O)OC(C)(C)C)c1. The van der Waals surface area contributed by atoms with Crippen molar-refractivity contribution in [1.29, 1.82) is 0 Å². The van der Waals surface area contributed by atoms with Gasteiger partial charge in [-0.1, -0.05) is 31.0 Å². The summed E-state index contributed by atoms with van der Waals surface area (Å²) in [5, 5.41) is 2.76. The topological polar surface area (TPSA) is 68.3 Å². The number of nitrogens with one attached hydrogen (secondary N) is 1. The Morgan fingerprint density at radius 3 is 2.46 bits per heavy atom. The Labute approximate surface area is 166 Å². The van der Waals surface area contributed by atoms with Crippen LogP contribution in [0.2, 0.25) is 0 Å². The van der Waals surface area contributed by atoms with Crippen molar-refractivity contribution < 1.29 is 14.3 Å². The van der Waals surface area contributed by atoms with Gasteiger partial charge in [-0.3, -0.25) is 9.59 Å². The fraction of sp³-hybridized carbons (Fsp3) is 0.348. The molecule has 5 heteroatoms. The normalized spacial score (nSPS) is 11.8. The van der Waals surface area contributed by atoms with E-state index in [1.54, 1.807) is 33.8 Å². The largest absolute Gasteiger partial charge is 0.460 e. The zero-order chi connectivity index (χ0) is 20.7. The van der Waals surface area contributed by atoms with Crippen LogP contribution in [0.3, 0.4) is 0 Å². The van der Waals surface area contributed by atoms with E-state index >= 15 is 0 Å². The lowest BCUT2D eigenvalue weighted by molar-refractivity contribution is -0.156. The molecule has 0 aliphatic rings. The first-order valence-corrected chi connectivity index (χ1v) is 9.21. The Morgan fingerprint density at radius 1 is 1.14 bits per heavy atom. The van der Waals surface area contributed by atoms with Gasteiger partial charge in [0.05, 0.1) is 6.42 Å². The van der Waals surface area contributed by atoms with Gasteiger partial charge in [-0.25, -0.2) is 4.98 Å². The second-order valence-corrected chi connectivity index (χ2v) is 7.71. The van der Waals surface area contributed by atoms with E-state index in [1.165, 1.54) is 0 Å². The van der Waals surface area contributed by atoms with Gasteiger partial charge in [0.25, 0.3) is 0 Å². The number of hydrogen-bond acceptors (Lipinski definition) is 4. The molecule has 0 aliphatic heterocycles. The van der Waals surface area contributed by atoms with Crippen LogP contribution in [-0.2, 0) is 14.3 Å². The summed E-state index contributed by atoms with van der Waals surface area (Å²) in [5.41, 5.74) is 1.82. The number of pyridine rings is 1. The number of carbonyl (C=O) groups excluding carboxylic acids is 2. The maximum Gasteiger partial charge on any atom is 0.307 e. The van der Waals surface area contributed by atoms with Crippen LogP contribution in [0.5, 0.6) is 0 Å². The number of rotatable bonds is 4. The maximum atomic E-state index is 12.4. The Hall–Kier alpha value is -3.13. The Kier molecular flexibility index (Phi) is 6.94. The average molecular weight is 378 g/mol. The number of amides is 1. The van der Waals surface area contributed by atoms with Crippen LogP contribution in [-0.4, -0.2) is 22.5 Å². The highest BCUT2D eigenvalue weighted by molar-refractivity contribution is 5.93. The number of hydrogen-bond donors (Lipinski definition) is 1. The second kappa shape index (κ2) is 9.18. The quantitative estimate of drug-likeness (QED) is 0.642. The monoisotopic (exact) mass is 378 g/mol. The highest BCUT2D eigenvalue weighted by atomic mass is 16.6. The van der Waals surface area contributed by atoms with E-state index in [4.69, 9.17) is 4.74 Å². The molecule has 0 aliphatic carbocycles. The van der Waals surface area contributed by atoms with Gasteiger partial charge in [0.2, 0.25) is 5.91 Å². The molecular formula is C23H26N2O3. The number of anilines is 1. The van der Waals surface area contributed by atoms with E-state index in [0.717, 1.165) is 11.1 Å². The third-order valence-corrected chi connectivity index (χ3v) is 3.67. The molecule has 0 radical (unpaired) electrons. The molecule has 28 heavy (non-hydrogen) atoms. The highest BCUT2D eigenvalue weighted by Crippen LogP contribution is 2.15. The first kappa shape index (κ1) is 21.2. The molecule has 1 aromatic heterocycles. The van der Waals surface area contributed by atoms with Gasteiger partial charge in [-0.2, -0.15) is 0 Å². The molecule has 0 saturated heterocycles. The first-order valence-electron chi connectivity index (χ1n) is 9.21. The van der Waals surface area contributed by atoms with E-state index < -0.39 is 17.5 Å². The van der Waals surface area contributed by atoms with Crippen LogP contribution >= 0.6 is 0 Å². The summed E-state index contributed by atoms with van der Waals surface area (Å²) in [6.07, 6.45) is 0.00951. The fourth-order valence-electron chi connectivity index (χ4n) is 2.43. The summed E-state index contributed by atoms with van der Waals surface area (Å²) in [7, 11) is 0. The zero-order valence-electron chi connectivity index (χ0n) is 17.0. The summed E-state index contributed by atoms with van der Waals surface area (Å²) in [6.45, 7) is 8.99. The maximum absolute atomic E-state index is 12.4. The van der Waals surface area contributed by atoms with Crippen LogP contribution < -0.4 is 5.32 Å². The number of aryl methyl sites for hydroxylation is 1. The van der Waals surface area contributed by atoms with Gasteiger partial charge in [-0.05, 0) is 63.4 Å². The second-order valence-electron chi connectivity index (χ2n) is 7.71. The number of benzene rings is 1. The number of esters is 1. The third-order valence-electron chi connectivity index (χ3n) is 3.67. The highest BCUT2D eigenvalue weighted by Gasteiger charge is 2.22. The molecule has 0 saturated carbocycles. The number of aromatic nitrogens is 1. The number of ether oxygens (including phenoxy) is 1. The van der Waals surface area contributed by atoms with Crippen LogP contribution in [0.25, 0.3) is 0 Å². The molecule has 2 rings (SSSR count). The van der Waals surface area contributed by atoms with Crippen molar-refractivity contribution in [2.75, 3.05) is 5.32 Å². The molecule has 1 aromatic carbocycles. The molecule has 0 fully saturated rings. The van der Waals surface area contributed by atoms with Crippen molar-refractivity contribution in [1.82, 2.24) is 4.98 Å². The van der Waals surface area contributed by atoms with Gasteiger partial charge < -0.3 is 10.1 Å². The van der Waals surface area contributed by atoms with Crippen molar-refractivity contribution in [3.05, 3.63) is 59.3 Å². The zero-order valence-corrected chi connectivity index (χ0v) is 17.0. The van der Waals surface area contributed by atoms with Gasteiger partial charge in [-0.15, -0.1) is 0 Å². The lowest BCUT2D eigenvalue weighted by Crippen LogP contribution is -2.28. The number of carbonyl (C=O) groups is 2. The van der Waals surface area contributed by atoms with Crippen molar-refractivity contribution in [3.63, 3.8) is 0 Å². The molecule has 0 spiro atoms. The fourth-order valence-corrected chi connectivity index (χ4v) is 2.43. The molecule has 1 amide bonds. The van der Waals surface area contributed by atoms with Gasteiger partial charge >= 0.3 is 5.97 Å². The van der Waals surface area contributed by atoms with Crippen molar-refractivity contribution in [2.24, 2.45) is 5.92 Å². The summed E-state index contributed by atoms with van der Waals surface area (Å²) < 4.78 is 5.27. The Balaban J connectivity index is 2.05. The standard InChI is InChI=1S/C23H26N2O3/c1-16-13-19(12-11-18-9-7-6-8-10-18)24-20(14-16)25-22(27)17(2)15-21(26)28-23(3,4)5/h6-10,13-14,17H,15H2,1-5H3,(H,24,25,27). The first-order chi connectivity index (χ1) is 13.1. The minimum atomic E-state index is -0.572. The van der Waals surface area contributed by atoms with Gasteiger partial charge in [0.1, 0.15) is 17.1 Å². The summed E-state index contributed by atoms with van der Waals surface area (Å²) >= 11 is 0. The smallest absolute Gasteiger partial charge is 0.307 e. The lowest BCUT2D eigenvalue weighted by Gasteiger charge is -2.20. The van der Waals surface area contributed by atoms with E-state index in [1.807, 2.05) is 43.3 Å². The molecule has 146 valence electrons. The van der Waals surface area contributed by atoms with Crippen molar-refractivity contribution in [2.45, 2.75) is 46.6 Å². The predicted molar refractivity (Wildman–Crippen MR) is 110 cm³/mol. The molecular weight excluding hydrogens is 352 g/mol. The Morgan fingerprint density at radius 2 is 1.82 bits per heavy atom. The van der Waals surface area contributed by atoms with Crippen LogP contribution in [0.15, 0.2) is 42.5 Å². The van der Waals surface area contributed by atoms with Crippen molar-refractivity contribution in [3.8, 4) is 11.8 Å². The van der Waals surface area contributed by atoms with Crippen LogP contribution in [0, 0.1) is 24.7 Å². The van der Waals surface area contributed by atoms with E-state index in [0.29, 0.717) is 11.5 Å². The molecule has 5 nitrogen and oxygen atoms in total. The van der Waals surface area contributed by atoms with Crippen LogP contribution in [0.4, 0.5) is 5.82 Å². The van der Waals surface area contributed by atoms with E-state index in [2.05, 4.69) is 22.1 Å². The van der Waals surface area contributed by atoms with E-state index in [9.17, 15) is 9.59 Å². The van der Waals surface area contributed by atoms with E-state index in [-0.39, 0.29) is 12.3 Å². The molecule has 2 aromatic rings.